The summed E-state index contributed by atoms with van der Waals surface area (Å²) in [6.45, 7) is 2.98. The molecule has 3 aliphatic heterocycles. The molecular formula is C59H81N13O17S. The molecule has 0 spiro atoms. The molecule has 90 heavy (non-hydrogen) atoms. The number of nitrogens with zero attached hydrogens (tertiary/aromatic N) is 3. The van der Waals surface area contributed by atoms with E-state index >= 15 is 0 Å². The monoisotopic (exact) mass is 1280 g/mol. The van der Waals surface area contributed by atoms with Gasteiger partial charge < -0.3 is 78.9 Å². The van der Waals surface area contributed by atoms with Crippen LogP contribution in [0.3, 0.4) is 0 Å². The summed E-state index contributed by atoms with van der Waals surface area (Å²) < 4.78 is 0. The van der Waals surface area contributed by atoms with Crippen molar-refractivity contribution in [3.05, 3.63) is 71.8 Å². The van der Waals surface area contributed by atoms with Crippen molar-refractivity contribution in [1.82, 2.24) is 57.2 Å². The molecule has 31 heteroatoms. The topological polar surface area (TPSA) is 455 Å². The number of thioether (sulfide) groups is 1. The van der Waals surface area contributed by atoms with Crippen molar-refractivity contribution in [2.45, 2.75) is 158 Å². The van der Waals surface area contributed by atoms with E-state index in [-0.39, 0.29) is 82.7 Å². The first kappa shape index (κ1) is 71.6. The van der Waals surface area contributed by atoms with Gasteiger partial charge in [0.2, 0.25) is 76.8 Å². The van der Waals surface area contributed by atoms with Gasteiger partial charge in [-0.3, -0.25) is 71.9 Å². The summed E-state index contributed by atoms with van der Waals surface area (Å²) in [5.74, 6) is -14.2. The molecule has 0 saturated carbocycles. The van der Waals surface area contributed by atoms with Crippen LogP contribution in [0.25, 0.3) is 0 Å². The Kier molecular flexibility index (Phi) is 27.5. The summed E-state index contributed by atoms with van der Waals surface area (Å²) in [4.78, 5) is 204. The highest BCUT2D eigenvalue weighted by molar-refractivity contribution is 7.98. The maximum absolute atomic E-state index is 14.9. The molecule has 2 aromatic carbocycles. The minimum absolute atomic E-state index is 0.0639. The van der Waals surface area contributed by atoms with Crippen molar-refractivity contribution in [3.8, 4) is 0 Å². The van der Waals surface area contributed by atoms with Crippen molar-refractivity contribution >= 4 is 100 Å². The number of benzene rings is 2. The lowest BCUT2D eigenvalue weighted by molar-refractivity contribution is -0.146. The van der Waals surface area contributed by atoms with Gasteiger partial charge in [0.25, 0.3) is 0 Å². The number of aliphatic carboxylic acids is 2. The summed E-state index contributed by atoms with van der Waals surface area (Å²) in [7, 11) is 1.26. The summed E-state index contributed by atoms with van der Waals surface area (Å²) in [6.07, 6.45) is -0.225. The number of amides is 13. The molecule has 10 atom stereocenters. The lowest BCUT2D eigenvalue weighted by atomic mass is 10.0. The first-order valence-electron chi connectivity index (χ1n) is 29.5. The number of carbonyl (C=O) groups excluding carboxylic acids is 13. The van der Waals surface area contributed by atoms with E-state index in [1.807, 2.05) is 20.1 Å². The van der Waals surface area contributed by atoms with Crippen molar-refractivity contribution in [2.75, 3.05) is 38.7 Å². The highest BCUT2D eigenvalue weighted by Gasteiger charge is 2.44. The van der Waals surface area contributed by atoms with Crippen LogP contribution in [0.4, 0.5) is 0 Å². The Morgan fingerprint density at radius 3 is 1.67 bits per heavy atom. The molecule has 3 heterocycles. The van der Waals surface area contributed by atoms with Crippen LogP contribution >= 0.6 is 11.8 Å². The number of likely N-dealkylation sites (N-methyl/N-ethyl adjacent to an activating group) is 1. The second kappa shape index (κ2) is 34.6. The molecule has 0 unspecified atom stereocenters. The number of nitrogens with two attached hydrogens (primary N) is 2. The zero-order chi connectivity index (χ0) is 66.4. The van der Waals surface area contributed by atoms with Crippen molar-refractivity contribution in [1.29, 1.82) is 0 Å². The Morgan fingerprint density at radius 1 is 0.633 bits per heavy atom. The number of hydrogen-bond acceptors (Lipinski definition) is 16. The minimum Gasteiger partial charge on any atom is -0.481 e. The van der Waals surface area contributed by atoms with Crippen molar-refractivity contribution < 1.29 is 82.1 Å². The molecule has 0 radical (unpaired) electrons. The molecule has 3 aliphatic rings. The number of carboxylic acid groups (broad SMARTS) is 2. The number of primary amides is 2. The number of likely N-dealkylation sites (tertiary alicyclic amines) is 2. The Morgan fingerprint density at radius 2 is 1.14 bits per heavy atom. The van der Waals surface area contributed by atoms with E-state index in [4.69, 9.17) is 11.5 Å². The first-order chi connectivity index (χ1) is 42.7. The molecule has 3 fully saturated rings. The smallest absolute Gasteiger partial charge is 0.305 e. The van der Waals surface area contributed by atoms with Crippen molar-refractivity contribution in [2.24, 2.45) is 17.4 Å². The van der Waals surface area contributed by atoms with Gasteiger partial charge in [0, 0.05) is 39.4 Å². The minimum atomic E-state index is -2.06. The number of carboxylic acids is 2. The molecule has 2 aromatic rings. The number of carbonyl (C=O) groups is 15. The second-order valence-electron chi connectivity index (χ2n) is 22.7. The van der Waals surface area contributed by atoms with Gasteiger partial charge >= 0.3 is 11.9 Å². The normalized spacial score (nSPS) is 18.4. The quantitative estimate of drug-likeness (QED) is 0.0326. The van der Waals surface area contributed by atoms with Gasteiger partial charge in [0.1, 0.15) is 60.4 Å². The zero-order valence-electron chi connectivity index (χ0n) is 50.6. The molecule has 13 amide bonds. The molecule has 0 aromatic heterocycles. The van der Waals surface area contributed by atoms with Gasteiger partial charge in [0.05, 0.1) is 25.8 Å². The van der Waals surface area contributed by atoms with Gasteiger partial charge in [0.15, 0.2) is 0 Å². The molecule has 0 aliphatic carbocycles. The van der Waals surface area contributed by atoms with E-state index in [1.54, 1.807) is 60.7 Å². The predicted octanol–water partition coefficient (Wildman–Crippen LogP) is -3.31. The third kappa shape index (κ3) is 21.6. The van der Waals surface area contributed by atoms with E-state index in [1.165, 1.54) is 23.7 Å². The molecule has 0 bridgehead atoms. The predicted molar refractivity (Wildman–Crippen MR) is 322 cm³/mol. The molecular weight excluding hydrogens is 1190 g/mol. The van der Waals surface area contributed by atoms with Gasteiger partial charge in [-0.05, 0) is 74.0 Å². The number of nitrogens with one attached hydrogen (secondary N) is 8. The van der Waals surface area contributed by atoms with Crippen LogP contribution in [0.2, 0.25) is 0 Å². The fourth-order valence-electron chi connectivity index (χ4n) is 10.8. The largest absolute Gasteiger partial charge is 0.481 e. The van der Waals surface area contributed by atoms with Crippen LogP contribution < -0.4 is 54.0 Å². The fourth-order valence-corrected chi connectivity index (χ4v) is 11.2. The van der Waals surface area contributed by atoms with Gasteiger partial charge in [-0.2, -0.15) is 11.8 Å². The maximum Gasteiger partial charge on any atom is 0.305 e. The number of rotatable bonds is 34. The number of hydrogen-bond donors (Lipinski definition) is 12. The highest BCUT2D eigenvalue weighted by Crippen LogP contribution is 2.24. The summed E-state index contributed by atoms with van der Waals surface area (Å²) in [5, 5.41) is 39.7. The summed E-state index contributed by atoms with van der Waals surface area (Å²) in [5.41, 5.74) is 12.0. The molecule has 490 valence electrons. The molecule has 3 saturated heterocycles. The van der Waals surface area contributed by atoms with E-state index < -0.39 is 169 Å². The van der Waals surface area contributed by atoms with Gasteiger partial charge in [-0.1, -0.05) is 74.5 Å². The first-order valence-corrected chi connectivity index (χ1v) is 30.9. The van der Waals surface area contributed by atoms with E-state index in [9.17, 15) is 82.1 Å². The third-order valence-corrected chi connectivity index (χ3v) is 16.0. The SMILES string of the molecule is CSCC[C@H](NC(=O)[C@H](CC(C)C)NC(=O)CNC(=O)[C@H](Cc1ccccc1)N(C)C(=O)[C@H](Cc1ccccc1)NC(=O)[C@H](CC(=O)O)NC(=O)[C@H](CC(=O)O)NC(=O)[C@@H]1CCCN1C(=O)[C@H](CC(N)=O)NC(=O)[C@@H]1CCCN1C(=O)[C@@H]1CCC(=O)N1)C(N)=O. The van der Waals surface area contributed by atoms with Crippen LogP contribution in [0, 0.1) is 5.92 Å². The Bertz CT molecular complexity index is 2980. The Hall–Kier alpha value is -9.16. The van der Waals surface area contributed by atoms with Gasteiger partial charge in [-0.25, -0.2) is 0 Å². The lowest BCUT2D eigenvalue weighted by Gasteiger charge is -2.32. The van der Waals surface area contributed by atoms with Crippen LogP contribution in [0.1, 0.15) is 95.6 Å². The summed E-state index contributed by atoms with van der Waals surface area (Å²) >= 11 is 1.44. The molecule has 5 rings (SSSR count). The maximum atomic E-state index is 14.9. The fraction of sp³-hybridized carbons (Fsp3) is 0.542. The average molecular weight is 1280 g/mol. The van der Waals surface area contributed by atoms with E-state index in [2.05, 4.69) is 42.5 Å². The van der Waals surface area contributed by atoms with E-state index in [0.29, 0.717) is 23.3 Å². The van der Waals surface area contributed by atoms with E-state index in [0.717, 1.165) is 9.80 Å². The van der Waals surface area contributed by atoms with Crippen LogP contribution in [-0.4, -0.2) is 213 Å². The summed E-state index contributed by atoms with van der Waals surface area (Å²) in [6, 6.07) is 2.29. The average Bonchev–Trinajstić information content (AvgIpc) is 1.75. The molecule has 14 N–H and O–H groups in total. The van der Waals surface area contributed by atoms with Gasteiger partial charge in [-0.15, -0.1) is 0 Å². The third-order valence-electron chi connectivity index (χ3n) is 15.4. The Balaban J connectivity index is 1.33. The highest BCUT2D eigenvalue weighted by atomic mass is 32.2. The molecule has 30 nitrogen and oxygen atoms in total. The van der Waals surface area contributed by atoms with Crippen LogP contribution in [0.15, 0.2) is 60.7 Å². The zero-order valence-corrected chi connectivity index (χ0v) is 51.4. The standard InChI is InChI=1S/C59H81N13O17S/c1-32(2)25-37(51(81)65-35(50(61)80)21-24-90-4)64-47(75)31-62-54(84)44(27-34-15-9-6-10-16-34)70(3)57(87)40(26-33-13-7-5-8-14-33)68-53(83)38(29-48(76)77)66-52(82)39(30-49(78)79)67-55(85)42-17-12-23-72(42)59(89)41(28-45(60)73)69-56(86)43-18-11-22-71(43)58(88)36-19-20-46(74)63-36/h5-10,13-16,32,35-44H,11-12,17-31H2,1-4H3,(H2,60,73)(H2,61,80)(H,62,84)(H,63,74)(H,64,75)(H,65,81)(H,66,82)(H,67,85)(H,68,83)(H,69,86)(H,76,77)(H,78,79)/t35-,36-,37-,38-,39-,40-,41-,42-,43-,44-/m0/s1. The van der Waals surface area contributed by atoms with Crippen LogP contribution in [0.5, 0.6) is 0 Å². The second-order valence-corrected chi connectivity index (χ2v) is 23.7. The Labute approximate surface area is 523 Å². The lowest BCUT2D eigenvalue weighted by Crippen LogP contribution is -2.61. The van der Waals surface area contributed by atoms with Crippen LogP contribution in [-0.2, 0) is 84.8 Å². The van der Waals surface area contributed by atoms with Crippen molar-refractivity contribution in [3.63, 3.8) is 0 Å².